The molecule has 4 aromatic rings. The van der Waals surface area contributed by atoms with Gasteiger partial charge in [0.15, 0.2) is 0 Å². The Labute approximate surface area is 215 Å². The van der Waals surface area contributed by atoms with Crippen LogP contribution in [0.5, 0.6) is 5.75 Å². The van der Waals surface area contributed by atoms with Gasteiger partial charge in [0.1, 0.15) is 23.5 Å². The number of hydrogen-bond donors (Lipinski definition) is 1. The Hall–Kier alpha value is -4.13. The molecule has 3 aromatic carbocycles. The van der Waals surface area contributed by atoms with Crippen LogP contribution in [-0.4, -0.2) is 30.0 Å². The van der Waals surface area contributed by atoms with Crippen LogP contribution in [0, 0.1) is 11.7 Å². The van der Waals surface area contributed by atoms with Crippen molar-refractivity contribution in [3.8, 4) is 16.9 Å². The van der Waals surface area contributed by atoms with Gasteiger partial charge in [0, 0.05) is 23.4 Å². The second-order valence-electron chi connectivity index (χ2n) is 8.83. The molecular formula is C30H31FN2O4. The van der Waals surface area contributed by atoms with E-state index in [0.717, 1.165) is 52.5 Å². The average Bonchev–Trinajstić information content (AvgIpc) is 3.68. The van der Waals surface area contributed by atoms with Crippen LogP contribution in [-0.2, 0) is 16.1 Å². The highest BCUT2D eigenvalue weighted by atomic mass is 19.1. The van der Waals surface area contributed by atoms with E-state index >= 15 is 0 Å². The summed E-state index contributed by atoms with van der Waals surface area (Å²) < 4.78 is 26.3. The van der Waals surface area contributed by atoms with Gasteiger partial charge in [0.05, 0.1) is 24.4 Å². The zero-order valence-corrected chi connectivity index (χ0v) is 21.1. The molecule has 5 rings (SSSR count). The molecule has 37 heavy (non-hydrogen) atoms. The van der Waals surface area contributed by atoms with E-state index in [1.165, 1.54) is 12.1 Å². The van der Waals surface area contributed by atoms with Crippen LogP contribution >= 0.6 is 0 Å². The Morgan fingerprint density at radius 2 is 1.73 bits per heavy atom. The van der Waals surface area contributed by atoms with Crippen molar-refractivity contribution in [2.75, 3.05) is 18.9 Å². The minimum Gasteiger partial charge on any atom is -0.494 e. The van der Waals surface area contributed by atoms with Gasteiger partial charge in [-0.05, 0) is 68.1 Å². The minimum atomic E-state index is -0.436. The first-order valence-corrected chi connectivity index (χ1v) is 12.5. The third kappa shape index (κ3) is 6.00. The van der Waals surface area contributed by atoms with Crippen LogP contribution in [0.4, 0.5) is 10.1 Å². The van der Waals surface area contributed by atoms with Crippen LogP contribution in [0.25, 0.3) is 22.0 Å². The number of nitrogen functional groups attached to an aromatic ring is 1. The highest BCUT2D eigenvalue weighted by molar-refractivity contribution is 6.11. The third-order valence-corrected chi connectivity index (χ3v) is 6.10. The number of aldehydes is 1. The van der Waals surface area contributed by atoms with Crippen LogP contribution in [0.15, 0.2) is 66.7 Å². The summed E-state index contributed by atoms with van der Waals surface area (Å²) >= 11 is 0. The summed E-state index contributed by atoms with van der Waals surface area (Å²) in [5.74, 6) is 0.457. The molecule has 0 bridgehead atoms. The second-order valence-corrected chi connectivity index (χ2v) is 8.83. The summed E-state index contributed by atoms with van der Waals surface area (Å²) in [6, 6.07) is 19.4. The quantitative estimate of drug-likeness (QED) is 0.175. The molecule has 1 aliphatic rings. The van der Waals surface area contributed by atoms with Gasteiger partial charge in [-0.1, -0.05) is 36.4 Å². The van der Waals surface area contributed by atoms with Crippen molar-refractivity contribution in [2.45, 2.75) is 33.2 Å². The van der Waals surface area contributed by atoms with E-state index in [1.807, 2.05) is 47.9 Å². The summed E-state index contributed by atoms with van der Waals surface area (Å²) in [5.41, 5.74) is 10.5. The molecule has 1 heterocycles. The molecule has 1 aliphatic carbocycles. The molecule has 2 N–H and O–H groups in total. The van der Waals surface area contributed by atoms with E-state index in [4.69, 9.17) is 15.2 Å². The van der Waals surface area contributed by atoms with Gasteiger partial charge in [-0.25, -0.2) is 9.18 Å². The Morgan fingerprint density at radius 1 is 1.03 bits per heavy atom. The van der Waals surface area contributed by atoms with E-state index in [0.29, 0.717) is 30.5 Å². The number of nitrogens with two attached hydrogens (primary N) is 1. The zero-order valence-electron chi connectivity index (χ0n) is 21.1. The minimum absolute atomic E-state index is 0.245. The number of nitrogens with zero attached hydrogens (tertiary/aromatic N) is 1. The summed E-state index contributed by atoms with van der Waals surface area (Å²) in [7, 11) is 0. The number of aromatic nitrogens is 1. The van der Waals surface area contributed by atoms with Crippen molar-refractivity contribution in [2.24, 2.45) is 5.92 Å². The van der Waals surface area contributed by atoms with Crippen molar-refractivity contribution in [1.82, 2.24) is 4.57 Å². The van der Waals surface area contributed by atoms with Gasteiger partial charge < -0.3 is 24.6 Å². The van der Waals surface area contributed by atoms with E-state index in [2.05, 4.69) is 0 Å². The molecule has 7 heteroatoms. The van der Waals surface area contributed by atoms with Crippen molar-refractivity contribution in [1.29, 1.82) is 0 Å². The number of anilines is 1. The van der Waals surface area contributed by atoms with Crippen molar-refractivity contribution in [3.63, 3.8) is 0 Å². The van der Waals surface area contributed by atoms with Crippen molar-refractivity contribution in [3.05, 3.63) is 83.8 Å². The first-order valence-electron chi connectivity index (χ1n) is 12.5. The lowest BCUT2D eigenvalue weighted by Crippen LogP contribution is -2.14. The first kappa shape index (κ1) is 25.9. The average molecular weight is 503 g/mol. The number of rotatable bonds is 8. The summed E-state index contributed by atoms with van der Waals surface area (Å²) in [5, 5.41) is 0.847. The van der Waals surface area contributed by atoms with Crippen LogP contribution < -0.4 is 10.5 Å². The molecule has 1 fully saturated rings. The number of carbonyl (C=O) groups excluding carboxylic acids is 2. The fraction of sp³-hybridized carbons (Fsp3) is 0.267. The third-order valence-electron chi connectivity index (χ3n) is 6.10. The Kier molecular flexibility index (Phi) is 8.23. The molecule has 0 atom stereocenters. The molecule has 6 nitrogen and oxygen atoms in total. The molecule has 0 radical (unpaired) electrons. The number of esters is 1. The summed E-state index contributed by atoms with van der Waals surface area (Å²) in [6.07, 6.45) is 3.31. The number of para-hydroxylation sites is 1. The molecule has 0 spiro atoms. The van der Waals surface area contributed by atoms with Gasteiger partial charge in [0.25, 0.3) is 0 Å². The molecule has 0 amide bonds. The Bertz CT molecular complexity index is 1370. The fourth-order valence-electron chi connectivity index (χ4n) is 4.19. The molecule has 192 valence electrons. The van der Waals surface area contributed by atoms with E-state index in [1.54, 1.807) is 25.1 Å². The van der Waals surface area contributed by atoms with E-state index in [-0.39, 0.29) is 12.4 Å². The van der Waals surface area contributed by atoms with Crippen LogP contribution in [0.3, 0.4) is 0 Å². The molecule has 0 aliphatic heterocycles. The molecule has 0 unspecified atom stereocenters. The Morgan fingerprint density at radius 3 is 2.30 bits per heavy atom. The molecule has 1 saturated carbocycles. The SMILES string of the molecule is CCOC(=O)c1c(-c2ccc(OCC)cc2)c2cccc(N)c2n1Cc1ccc(F)cc1.O=CC1CC1. The van der Waals surface area contributed by atoms with E-state index < -0.39 is 5.97 Å². The summed E-state index contributed by atoms with van der Waals surface area (Å²) in [6.45, 7) is 4.86. The number of fused-ring (bicyclic) bond motifs is 1. The number of benzene rings is 3. The number of hydrogen-bond acceptors (Lipinski definition) is 5. The molecule has 0 saturated heterocycles. The predicted octanol–water partition coefficient (Wildman–Crippen LogP) is 6.25. The first-order chi connectivity index (χ1) is 18.0. The highest BCUT2D eigenvalue weighted by Gasteiger charge is 2.26. The standard InChI is InChI=1S/C26H25FN2O3.C4H6O/c1-3-31-20-14-10-18(11-15-20)23-21-6-5-7-22(28)24(21)29(25(23)26(30)32-4-2)16-17-8-12-19(27)13-9-17;5-3-4-1-2-4/h5-15H,3-4,16,28H2,1-2H3;3-4H,1-2H2. The lowest BCUT2D eigenvalue weighted by Gasteiger charge is -2.13. The van der Waals surface area contributed by atoms with Crippen molar-refractivity contribution >= 4 is 28.8 Å². The van der Waals surface area contributed by atoms with Crippen molar-refractivity contribution < 1.29 is 23.5 Å². The molecule has 1 aromatic heterocycles. The lowest BCUT2D eigenvalue weighted by molar-refractivity contribution is -0.108. The van der Waals surface area contributed by atoms with Gasteiger partial charge in [-0.15, -0.1) is 0 Å². The fourth-order valence-corrected chi connectivity index (χ4v) is 4.19. The smallest absolute Gasteiger partial charge is 0.355 e. The number of ether oxygens (including phenoxy) is 2. The van der Waals surface area contributed by atoms with Gasteiger partial charge in [-0.3, -0.25) is 0 Å². The van der Waals surface area contributed by atoms with E-state index in [9.17, 15) is 14.0 Å². The maximum atomic E-state index is 13.5. The maximum Gasteiger partial charge on any atom is 0.355 e. The largest absolute Gasteiger partial charge is 0.494 e. The van der Waals surface area contributed by atoms with Gasteiger partial charge in [-0.2, -0.15) is 0 Å². The summed E-state index contributed by atoms with van der Waals surface area (Å²) in [4.78, 5) is 22.8. The zero-order chi connectivity index (χ0) is 26.4. The number of halogens is 1. The van der Waals surface area contributed by atoms with Crippen LogP contribution in [0.2, 0.25) is 0 Å². The van der Waals surface area contributed by atoms with Crippen LogP contribution in [0.1, 0.15) is 42.7 Å². The highest BCUT2D eigenvalue weighted by Crippen LogP contribution is 2.39. The Balaban J connectivity index is 0.000000572. The van der Waals surface area contributed by atoms with Gasteiger partial charge in [0.2, 0.25) is 0 Å². The topological polar surface area (TPSA) is 83.5 Å². The number of carbonyl (C=O) groups is 2. The maximum absolute atomic E-state index is 13.5. The normalized spacial score (nSPS) is 12.5. The lowest BCUT2D eigenvalue weighted by atomic mass is 10.0. The predicted molar refractivity (Wildman–Crippen MR) is 143 cm³/mol. The molecular weight excluding hydrogens is 471 g/mol. The second kappa shape index (κ2) is 11.7. The van der Waals surface area contributed by atoms with Gasteiger partial charge >= 0.3 is 5.97 Å². The monoisotopic (exact) mass is 502 g/mol.